The van der Waals surface area contributed by atoms with Crippen molar-refractivity contribution < 1.29 is 9.47 Å². The van der Waals surface area contributed by atoms with Crippen LogP contribution in [0, 0.1) is 0 Å². The van der Waals surface area contributed by atoms with Gasteiger partial charge < -0.3 is 14.5 Å². The summed E-state index contributed by atoms with van der Waals surface area (Å²) in [6.07, 6.45) is 4.24. The van der Waals surface area contributed by atoms with Gasteiger partial charge in [-0.15, -0.1) is 5.10 Å². The van der Waals surface area contributed by atoms with Crippen molar-refractivity contribution in [3.05, 3.63) is 39.9 Å². The number of tetrazole rings is 1. The predicted octanol–water partition coefficient (Wildman–Crippen LogP) is 3.25. The van der Waals surface area contributed by atoms with E-state index in [1.54, 1.807) is 20.3 Å². The van der Waals surface area contributed by atoms with E-state index in [0.717, 1.165) is 37.7 Å². The third-order valence-electron chi connectivity index (χ3n) is 6.60. The number of nitrogens with zero attached hydrogens (tertiary/aromatic N) is 5. The van der Waals surface area contributed by atoms with Gasteiger partial charge in [-0.25, -0.2) is 4.68 Å². The van der Waals surface area contributed by atoms with Crippen molar-refractivity contribution in [2.75, 3.05) is 27.3 Å². The SMILES string of the molecule is CCC(C)(C)n1nnnc1[C@@H](c1cc2cc(OC)c(OC)cc2[nH]c1=O)N1CCCCC1. The molecule has 3 heterocycles. The Labute approximate surface area is 187 Å². The van der Waals surface area contributed by atoms with Crippen LogP contribution < -0.4 is 15.0 Å². The Kier molecular flexibility index (Phi) is 6.19. The molecule has 0 radical (unpaired) electrons. The highest BCUT2D eigenvalue weighted by Gasteiger charge is 2.34. The Bertz CT molecular complexity index is 1150. The number of hydrogen-bond acceptors (Lipinski definition) is 7. The minimum atomic E-state index is -0.336. The van der Waals surface area contributed by atoms with Gasteiger partial charge in [0, 0.05) is 17.0 Å². The maximum absolute atomic E-state index is 13.4. The van der Waals surface area contributed by atoms with Crippen molar-refractivity contribution in [2.45, 2.75) is 58.0 Å². The molecule has 3 aromatic rings. The Balaban J connectivity index is 1.91. The van der Waals surface area contributed by atoms with E-state index in [1.807, 2.05) is 16.8 Å². The van der Waals surface area contributed by atoms with Gasteiger partial charge in [-0.1, -0.05) is 13.3 Å². The third kappa shape index (κ3) is 3.97. The third-order valence-corrected chi connectivity index (χ3v) is 6.60. The van der Waals surface area contributed by atoms with Crippen LogP contribution in [0.2, 0.25) is 0 Å². The number of fused-ring (bicyclic) bond motifs is 1. The summed E-state index contributed by atoms with van der Waals surface area (Å²) in [4.78, 5) is 18.7. The van der Waals surface area contributed by atoms with Crippen molar-refractivity contribution >= 4 is 10.9 Å². The zero-order valence-corrected chi connectivity index (χ0v) is 19.5. The minimum Gasteiger partial charge on any atom is -0.493 e. The molecule has 0 spiro atoms. The molecule has 4 rings (SSSR count). The maximum Gasteiger partial charge on any atom is 0.253 e. The Morgan fingerprint density at radius 1 is 1.09 bits per heavy atom. The largest absolute Gasteiger partial charge is 0.493 e. The summed E-state index contributed by atoms with van der Waals surface area (Å²) in [5.74, 6) is 1.89. The molecular formula is C23H32N6O3. The number of rotatable bonds is 7. The van der Waals surface area contributed by atoms with Crippen LogP contribution in [0.4, 0.5) is 0 Å². The molecular weight excluding hydrogens is 408 g/mol. The lowest BCUT2D eigenvalue weighted by Crippen LogP contribution is -2.40. The number of H-pyrrole nitrogens is 1. The summed E-state index contributed by atoms with van der Waals surface area (Å²) < 4.78 is 12.8. The molecule has 9 heteroatoms. The van der Waals surface area contributed by atoms with Crippen molar-refractivity contribution in [1.82, 2.24) is 30.1 Å². The first kappa shape index (κ1) is 22.3. The average molecular weight is 441 g/mol. The van der Waals surface area contributed by atoms with Gasteiger partial charge >= 0.3 is 0 Å². The van der Waals surface area contributed by atoms with E-state index in [4.69, 9.17) is 9.47 Å². The Morgan fingerprint density at radius 2 is 1.78 bits per heavy atom. The Morgan fingerprint density at radius 3 is 2.44 bits per heavy atom. The van der Waals surface area contributed by atoms with Crippen molar-refractivity contribution in [3.63, 3.8) is 0 Å². The smallest absolute Gasteiger partial charge is 0.253 e. The van der Waals surface area contributed by atoms with Gasteiger partial charge in [-0.3, -0.25) is 9.69 Å². The van der Waals surface area contributed by atoms with Crippen LogP contribution in [0.1, 0.15) is 63.9 Å². The number of ether oxygens (including phenoxy) is 2. The van der Waals surface area contributed by atoms with Crippen LogP contribution in [0.25, 0.3) is 10.9 Å². The van der Waals surface area contributed by atoms with Crippen molar-refractivity contribution in [1.29, 1.82) is 0 Å². The van der Waals surface area contributed by atoms with E-state index in [9.17, 15) is 4.79 Å². The quantitative estimate of drug-likeness (QED) is 0.602. The van der Waals surface area contributed by atoms with Crippen LogP contribution in [0.5, 0.6) is 11.5 Å². The number of benzene rings is 1. The molecule has 1 N–H and O–H groups in total. The summed E-state index contributed by atoms with van der Waals surface area (Å²) >= 11 is 0. The molecule has 2 aromatic heterocycles. The monoisotopic (exact) mass is 440 g/mol. The highest BCUT2D eigenvalue weighted by Crippen LogP contribution is 2.35. The van der Waals surface area contributed by atoms with E-state index in [-0.39, 0.29) is 17.1 Å². The van der Waals surface area contributed by atoms with Gasteiger partial charge in [0.1, 0.15) is 6.04 Å². The standard InChI is InChI=1S/C23H32N6O3/c1-6-23(2,3)29-21(25-26-27-29)20(28-10-8-7-9-11-28)16-12-15-13-18(31-4)19(32-5)14-17(15)24-22(16)30/h12-14,20H,6-11H2,1-5H3,(H,24,30)/t20-/m1/s1. The Hall–Kier alpha value is -2.94. The molecule has 1 aliphatic heterocycles. The van der Waals surface area contributed by atoms with Gasteiger partial charge in [-0.05, 0) is 68.8 Å². The molecule has 172 valence electrons. The molecule has 1 aliphatic rings. The average Bonchev–Trinajstić information content (AvgIpc) is 3.30. The van der Waals surface area contributed by atoms with Crippen molar-refractivity contribution in [2.24, 2.45) is 0 Å². The normalized spacial score (nSPS) is 16.3. The summed E-state index contributed by atoms with van der Waals surface area (Å²) in [5, 5.41) is 13.6. The number of pyridine rings is 1. The van der Waals surface area contributed by atoms with Crippen molar-refractivity contribution in [3.8, 4) is 11.5 Å². The first-order valence-electron chi connectivity index (χ1n) is 11.2. The highest BCUT2D eigenvalue weighted by atomic mass is 16.5. The van der Waals surface area contributed by atoms with E-state index in [0.29, 0.717) is 28.4 Å². The van der Waals surface area contributed by atoms with Crippen LogP contribution in [-0.2, 0) is 5.54 Å². The zero-order valence-electron chi connectivity index (χ0n) is 19.5. The molecule has 1 fully saturated rings. The molecule has 9 nitrogen and oxygen atoms in total. The summed E-state index contributed by atoms with van der Waals surface area (Å²) in [5.41, 5.74) is 0.911. The minimum absolute atomic E-state index is 0.149. The van der Waals surface area contributed by atoms with E-state index in [1.165, 1.54) is 6.42 Å². The number of hydrogen-bond donors (Lipinski definition) is 1. The first-order chi connectivity index (χ1) is 15.4. The number of methoxy groups -OCH3 is 2. The second-order valence-electron chi connectivity index (χ2n) is 8.96. The summed E-state index contributed by atoms with van der Waals surface area (Å²) in [7, 11) is 3.19. The molecule has 1 atom stereocenters. The topological polar surface area (TPSA) is 98.2 Å². The number of likely N-dealkylation sites (tertiary alicyclic amines) is 1. The van der Waals surface area contributed by atoms with E-state index in [2.05, 4.69) is 46.2 Å². The van der Waals surface area contributed by atoms with Crippen LogP contribution >= 0.6 is 0 Å². The zero-order chi connectivity index (χ0) is 22.9. The summed E-state index contributed by atoms with van der Waals surface area (Å²) in [6.45, 7) is 8.13. The fraction of sp³-hybridized carbons (Fsp3) is 0.565. The number of nitrogens with one attached hydrogen (secondary N) is 1. The second kappa shape index (κ2) is 8.90. The van der Waals surface area contributed by atoms with Gasteiger partial charge in [0.2, 0.25) is 0 Å². The van der Waals surface area contributed by atoms with Gasteiger partial charge in [0.05, 0.1) is 25.3 Å². The molecule has 1 saturated heterocycles. The summed E-state index contributed by atoms with van der Waals surface area (Å²) in [6, 6.07) is 5.28. The lowest BCUT2D eigenvalue weighted by Gasteiger charge is -2.35. The van der Waals surface area contributed by atoms with Crippen LogP contribution in [0.3, 0.4) is 0 Å². The van der Waals surface area contributed by atoms with E-state index >= 15 is 0 Å². The van der Waals surface area contributed by atoms with E-state index < -0.39 is 0 Å². The molecule has 0 aliphatic carbocycles. The predicted molar refractivity (Wildman–Crippen MR) is 122 cm³/mol. The molecule has 0 unspecified atom stereocenters. The highest BCUT2D eigenvalue weighted by molar-refractivity contribution is 5.83. The second-order valence-corrected chi connectivity index (χ2v) is 8.96. The molecule has 0 saturated carbocycles. The lowest BCUT2D eigenvalue weighted by molar-refractivity contribution is 0.167. The lowest BCUT2D eigenvalue weighted by atomic mass is 9.98. The fourth-order valence-corrected chi connectivity index (χ4v) is 4.37. The first-order valence-corrected chi connectivity index (χ1v) is 11.2. The fourth-order valence-electron chi connectivity index (χ4n) is 4.37. The molecule has 0 bridgehead atoms. The molecule has 1 aromatic carbocycles. The molecule has 0 amide bonds. The van der Waals surface area contributed by atoms with Gasteiger partial charge in [0.25, 0.3) is 5.56 Å². The molecule has 32 heavy (non-hydrogen) atoms. The van der Waals surface area contributed by atoms with Gasteiger partial charge in [-0.2, -0.15) is 0 Å². The number of piperidine rings is 1. The van der Waals surface area contributed by atoms with Gasteiger partial charge in [0.15, 0.2) is 17.3 Å². The number of aromatic nitrogens is 5. The van der Waals surface area contributed by atoms with Crippen LogP contribution in [-0.4, -0.2) is 57.4 Å². The van der Waals surface area contributed by atoms with Crippen LogP contribution in [0.15, 0.2) is 23.0 Å². The maximum atomic E-state index is 13.4. The number of aromatic amines is 1.